The molecule has 1 saturated heterocycles. The molecule has 1 aliphatic heterocycles. The Balaban J connectivity index is 1.39. The molecule has 1 heterocycles. The second kappa shape index (κ2) is 18.3. The van der Waals surface area contributed by atoms with Crippen LogP contribution >= 0.6 is 0 Å². The van der Waals surface area contributed by atoms with Gasteiger partial charge >= 0.3 is 0 Å². The monoisotopic (exact) mass is 715 g/mol. The minimum absolute atomic E-state index is 0.0230. The van der Waals surface area contributed by atoms with E-state index in [4.69, 9.17) is 11.5 Å². The molecule has 0 aliphatic carbocycles. The molecule has 0 unspecified atom stereocenters. The number of nitrogens with one attached hydrogen (secondary N) is 4. The molecule has 52 heavy (non-hydrogen) atoms. The Hall–Kier alpha value is -5.96. The highest BCUT2D eigenvalue weighted by Crippen LogP contribution is 2.20. The van der Waals surface area contributed by atoms with Crippen molar-refractivity contribution < 1.29 is 39.0 Å². The van der Waals surface area contributed by atoms with Gasteiger partial charge in [-0.05, 0) is 67.1 Å². The summed E-state index contributed by atoms with van der Waals surface area (Å²) in [4.78, 5) is 79.6. The van der Waals surface area contributed by atoms with E-state index in [0.29, 0.717) is 29.5 Å². The number of primary amides is 1. The van der Waals surface area contributed by atoms with Gasteiger partial charge in [-0.1, -0.05) is 54.6 Å². The van der Waals surface area contributed by atoms with Crippen LogP contribution < -0.4 is 32.7 Å². The lowest BCUT2D eigenvalue weighted by Crippen LogP contribution is -2.57. The minimum Gasteiger partial charge on any atom is -0.508 e. The average molecular weight is 716 g/mol. The highest BCUT2D eigenvalue weighted by molar-refractivity contribution is 5.95. The smallest absolute Gasteiger partial charge is 0.246 e. The number of nitrogens with two attached hydrogens (primary N) is 2. The molecule has 0 spiro atoms. The van der Waals surface area contributed by atoms with E-state index in [1.165, 1.54) is 36.1 Å². The van der Waals surface area contributed by atoms with E-state index in [1.54, 1.807) is 54.6 Å². The van der Waals surface area contributed by atoms with Crippen LogP contribution in [0.4, 0.5) is 0 Å². The Morgan fingerprint density at radius 1 is 0.731 bits per heavy atom. The second-order valence-corrected chi connectivity index (χ2v) is 12.8. The summed E-state index contributed by atoms with van der Waals surface area (Å²) in [5, 5.41) is 29.5. The molecule has 0 bridgehead atoms. The first-order valence-electron chi connectivity index (χ1n) is 16.9. The maximum absolute atomic E-state index is 13.6. The van der Waals surface area contributed by atoms with Gasteiger partial charge in [-0.3, -0.25) is 28.8 Å². The fourth-order valence-electron chi connectivity index (χ4n) is 5.85. The maximum atomic E-state index is 13.6. The molecule has 10 N–H and O–H groups in total. The highest BCUT2D eigenvalue weighted by Gasteiger charge is 2.37. The zero-order chi connectivity index (χ0) is 37.8. The van der Waals surface area contributed by atoms with Crippen molar-refractivity contribution in [3.63, 3.8) is 0 Å². The first kappa shape index (κ1) is 38.8. The third kappa shape index (κ3) is 11.3. The molecule has 0 radical (unpaired) electrons. The lowest BCUT2D eigenvalue weighted by atomic mass is 10.0. The van der Waals surface area contributed by atoms with Gasteiger partial charge in [-0.2, -0.15) is 0 Å². The molecular weight excluding hydrogens is 670 g/mol. The van der Waals surface area contributed by atoms with Gasteiger partial charge in [0, 0.05) is 19.4 Å². The van der Waals surface area contributed by atoms with Crippen molar-refractivity contribution in [1.82, 2.24) is 26.2 Å². The predicted octanol–water partition coefficient (Wildman–Crippen LogP) is -0.480. The van der Waals surface area contributed by atoms with Crippen molar-refractivity contribution in [3.05, 3.63) is 95.6 Å². The van der Waals surface area contributed by atoms with Crippen molar-refractivity contribution in [2.75, 3.05) is 13.1 Å². The molecule has 15 heteroatoms. The maximum Gasteiger partial charge on any atom is 0.246 e. The van der Waals surface area contributed by atoms with Gasteiger partial charge in [0.25, 0.3) is 0 Å². The normalized spacial score (nSPS) is 16.1. The zero-order valence-corrected chi connectivity index (χ0v) is 28.8. The van der Waals surface area contributed by atoms with Gasteiger partial charge < -0.3 is 47.8 Å². The van der Waals surface area contributed by atoms with Crippen LogP contribution in [0.2, 0.25) is 0 Å². The van der Waals surface area contributed by atoms with Crippen LogP contribution in [-0.2, 0) is 48.0 Å². The van der Waals surface area contributed by atoms with Crippen molar-refractivity contribution in [3.8, 4) is 11.5 Å². The fourth-order valence-corrected chi connectivity index (χ4v) is 5.85. The molecular formula is C37H45N7O8. The Labute approximate surface area is 301 Å². The van der Waals surface area contributed by atoms with Crippen molar-refractivity contribution in [1.29, 1.82) is 0 Å². The summed E-state index contributed by atoms with van der Waals surface area (Å²) in [6.45, 7) is 1.19. The average Bonchev–Trinajstić information content (AvgIpc) is 3.63. The van der Waals surface area contributed by atoms with Gasteiger partial charge in [0.15, 0.2) is 0 Å². The number of hydrogen-bond donors (Lipinski definition) is 8. The first-order chi connectivity index (χ1) is 24.8. The third-order valence-corrected chi connectivity index (χ3v) is 8.69. The van der Waals surface area contributed by atoms with Gasteiger partial charge in [0.2, 0.25) is 35.4 Å². The van der Waals surface area contributed by atoms with E-state index in [2.05, 4.69) is 21.3 Å². The van der Waals surface area contributed by atoms with Crippen LogP contribution in [-0.4, -0.2) is 93.9 Å². The molecule has 6 amide bonds. The van der Waals surface area contributed by atoms with E-state index < -0.39 is 72.2 Å². The fraction of sp³-hybridized carbons (Fsp3) is 0.351. The van der Waals surface area contributed by atoms with Crippen molar-refractivity contribution in [2.24, 2.45) is 11.5 Å². The summed E-state index contributed by atoms with van der Waals surface area (Å²) in [5.41, 5.74) is 13.6. The number of carbonyl (C=O) groups is 6. The summed E-state index contributed by atoms with van der Waals surface area (Å²) in [7, 11) is 0. The number of phenolic OH excluding ortho intramolecular Hbond substituents is 2. The number of benzene rings is 3. The molecule has 0 aromatic heterocycles. The largest absolute Gasteiger partial charge is 0.508 e. The molecule has 0 saturated carbocycles. The molecule has 4 rings (SSSR count). The molecule has 276 valence electrons. The zero-order valence-electron chi connectivity index (χ0n) is 28.8. The Kier molecular flexibility index (Phi) is 13.7. The molecule has 15 nitrogen and oxygen atoms in total. The van der Waals surface area contributed by atoms with E-state index >= 15 is 0 Å². The number of likely N-dealkylation sites (tertiary alicyclic amines) is 1. The number of rotatable bonds is 16. The summed E-state index contributed by atoms with van der Waals surface area (Å²) < 4.78 is 0. The molecule has 5 atom stereocenters. The van der Waals surface area contributed by atoms with Gasteiger partial charge in [-0.25, -0.2) is 0 Å². The summed E-state index contributed by atoms with van der Waals surface area (Å²) in [6, 6.07) is 16.0. The standard InChI is InChI=1S/C37H45N7O8/c1-22(41-35(50)28(38)18-24-9-13-26(45)14-10-24)34(49)43-29(19-23-6-3-2-4-7-23)36(51)40-21-32(47)42-30(20-25-11-15-27(46)16-12-25)37(52)44-17-5-8-31(44)33(39)48/h2-4,6-7,9-16,22,28-31,45-46H,5,8,17-21,38H2,1H3,(H2,39,48)(H,40,51)(H,41,50)(H,42,47)(H,43,49)/t22-,28+,29+,30+,31+/m1/s1. The topological polar surface area (TPSA) is 246 Å². The Morgan fingerprint density at radius 2 is 1.29 bits per heavy atom. The molecule has 1 fully saturated rings. The van der Waals surface area contributed by atoms with Crippen LogP contribution in [0.5, 0.6) is 11.5 Å². The van der Waals surface area contributed by atoms with Gasteiger partial charge in [0.1, 0.15) is 35.7 Å². The number of carbonyl (C=O) groups excluding carboxylic acids is 6. The predicted molar refractivity (Wildman–Crippen MR) is 190 cm³/mol. The van der Waals surface area contributed by atoms with E-state index in [1.807, 2.05) is 0 Å². The lowest BCUT2D eigenvalue weighted by Gasteiger charge is -2.28. The quantitative estimate of drug-likeness (QED) is 0.0953. The Morgan fingerprint density at radius 3 is 1.88 bits per heavy atom. The van der Waals surface area contributed by atoms with Gasteiger partial charge in [-0.15, -0.1) is 0 Å². The van der Waals surface area contributed by atoms with E-state index in [0.717, 1.165) is 0 Å². The van der Waals surface area contributed by atoms with E-state index in [-0.39, 0.29) is 37.3 Å². The number of nitrogens with zero attached hydrogens (tertiary/aromatic N) is 1. The second-order valence-electron chi connectivity index (χ2n) is 12.8. The SMILES string of the molecule is C[C@@H](NC(=O)[C@@H](N)Cc1ccc(O)cc1)C(=O)N[C@@H](Cc1ccccc1)C(=O)NCC(=O)N[C@@H](Cc1ccc(O)cc1)C(=O)N1CCC[C@H]1C(N)=O. The molecule has 3 aromatic rings. The summed E-state index contributed by atoms with van der Waals surface area (Å²) in [6.07, 6.45) is 1.23. The summed E-state index contributed by atoms with van der Waals surface area (Å²) in [5.74, 6) is -3.71. The van der Waals surface area contributed by atoms with Crippen LogP contribution in [0.3, 0.4) is 0 Å². The summed E-state index contributed by atoms with van der Waals surface area (Å²) >= 11 is 0. The number of hydrogen-bond acceptors (Lipinski definition) is 9. The van der Waals surface area contributed by atoms with E-state index in [9.17, 15) is 39.0 Å². The van der Waals surface area contributed by atoms with Crippen LogP contribution in [0.15, 0.2) is 78.9 Å². The number of aromatic hydroxyl groups is 2. The number of phenols is 2. The minimum atomic E-state index is -1.15. The van der Waals surface area contributed by atoms with Crippen LogP contribution in [0.25, 0.3) is 0 Å². The number of amides is 6. The van der Waals surface area contributed by atoms with Crippen molar-refractivity contribution >= 4 is 35.4 Å². The Bertz CT molecular complexity index is 1720. The lowest BCUT2D eigenvalue weighted by molar-refractivity contribution is -0.140. The van der Waals surface area contributed by atoms with Crippen molar-refractivity contribution in [2.45, 2.75) is 69.2 Å². The van der Waals surface area contributed by atoms with Gasteiger partial charge in [0.05, 0.1) is 12.6 Å². The first-order valence-corrected chi connectivity index (χ1v) is 16.9. The molecule has 1 aliphatic rings. The highest BCUT2D eigenvalue weighted by atomic mass is 16.3. The van der Waals surface area contributed by atoms with Crippen LogP contribution in [0.1, 0.15) is 36.5 Å². The van der Waals surface area contributed by atoms with Crippen LogP contribution in [0, 0.1) is 0 Å². The third-order valence-electron chi connectivity index (χ3n) is 8.69. The molecule has 3 aromatic carbocycles.